The van der Waals surface area contributed by atoms with Crippen LogP contribution in [0.4, 0.5) is 0 Å². The van der Waals surface area contributed by atoms with Crippen molar-refractivity contribution in [1.82, 2.24) is 5.32 Å². The van der Waals surface area contributed by atoms with Crippen molar-refractivity contribution in [3.05, 3.63) is 34.2 Å². The van der Waals surface area contributed by atoms with Gasteiger partial charge in [0.2, 0.25) is 5.91 Å². The van der Waals surface area contributed by atoms with Crippen LogP contribution in [-0.2, 0) is 4.79 Å². The molecule has 0 aromatic rings. The smallest absolute Gasteiger partial charge is 0.292 e. The first-order chi connectivity index (χ1) is 6.18. The standard InChI is InChI=1S/C7H5N3O3/c11-6-2-1-4-7(9-6)5(3-8-4)10(12)13/h1-3,7H,(H,9,11). The third-order valence-electron chi connectivity index (χ3n) is 1.84. The van der Waals surface area contributed by atoms with E-state index in [4.69, 9.17) is 0 Å². The molecule has 2 rings (SSSR count). The van der Waals surface area contributed by atoms with E-state index in [2.05, 4.69) is 10.3 Å². The Kier molecular flexibility index (Phi) is 1.48. The Morgan fingerprint density at radius 3 is 3.00 bits per heavy atom. The van der Waals surface area contributed by atoms with E-state index in [0.29, 0.717) is 5.71 Å². The zero-order valence-corrected chi connectivity index (χ0v) is 6.43. The van der Waals surface area contributed by atoms with Crippen molar-refractivity contribution in [2.45, 2.75) is 6.04 Å². The fourth-order valence-corrected chi connectivity index (χ4v) is 1.23. The molecule has 0 saturated heterocycles. The number of hydrogen-bond acceptors (Lipinski definition) is 4. The van der Waals surface area contributed by atoms with Crippen molar-refractivity contribution < 1.29 is 9.72 Å². The number of nitrogens with one attached hydrogen (secondary N) is 1. The van der Waals surface area contributed by atoms with Crippen molar-refractivity contribution in [3.63, 3.8) is 0 Å². The Morgan fingerprint density at radius 2 is 2.31 bits per heavy atom. The van der Waals surface area contributed by atoms with E-state index in [9.17, 15) is 14.9 Å². The summed E-state index contributed by atoms with van der Waals surface area (Å²) in [5.74, 6) is -0.335. The summed E-state index contributed by atoms with van der Waals surface area (Å²) in [7, 11) is 0. The molecule has 2 aliphatic heterocycles. The number of nitro groups is 1. The summed E-state index contributed by atoms with van der Waals surface area (Å²) in [5, 5.41) is 12.9. The first-order valence-corrected chi connectivity index (χ1v) is 3.59. The summed E-state index contributed by atoms with van der Waals surface area (Å²) in [5.41, 5.74) is 0.416. The van der Waals surface area contributed by atoms with Crippen LogP contribution in [0.1, 0.15) is 0 Å². The molecule has 0 radical (unpaired) electrons. The molecule has 0 spiro atoms. The van der Waals surface area contributed by atoms with Crippen LogP contribution in [0.15, 0.2) is 29.0 Å². The van der Waals surface area contributed by atoms with Gasteiger partial charge in [0.05, 0.1) is 10.6 Å². The summed E-state index contributed by atoms with van der Waals surface area (Å²) in [6.45, 7) is 0. The predicted molar refractivity (Wildman–Crippen MR) is 43.6 cm³/mol. The maximum Gasteiger partial charge on any atom is 0.292 e. The average molecular weight is 179 g/mol. The van der Waals surface area contributed by atoms with Crippen LogP contribution in [0.5, 0.6) is 0 Å². The maximum absolute atomic E-state index is 10.9. The number of fused-ring (bicyclic) bond motifs is 1. The summed E-state index contributed by atoms with van der Waals surface area (Å²) >= 11 is 0. The van der Waals surface area contributed by atoms with Gasteiger partial charge < -0.3 is 5.32 Å². The highest BCUT2D eigenvalue weighted by Gasteiger charge is 2.35. The molecule has 1 amide bonds. The zero-order valence-electron chi connectivity index (χ0n) is 6.43. The van der Waals surface area contributed by atoms with Gasteiger partial charge in [-0.25, -0.2) is 0 Å². The molecule has 0 bridgehead atoms. The Hall–Kier alpha value is -1.98. The fraction of sp³-hybridized carbons (Fsp3) is 0.143. The van der Waals surface area contributed by atoms with Gasteiger partial charge in [0.1, 0.15) is 6.20 Å². The second-order valence-corrected chi connectivity index (χ2v) is 2.64. The molecule has 1 N–H and O–H groups in total. The molecule has 6 nitrogen and oxygen atoms in total. The van der Waals surface area contributed by atoms with E-state index in [1.54, 1.807) is 0 Å². The van der Waals surface area contributed by atoms with E-state index >= 15 is 0 Å². The van der Waals surface area contributed by atoms with Gasteiger partial charge in [-0.05, 0) is 6.08 Å². The fourth-order valence-electron chi connectivity index (χ4n) is 1.23. The summed E-state index contributed by atoms with van der Waals surface area (Å²) in [4.78, 5) is 24.6. The van der Waals surface area contributed by atoms with E-state index < -0.39 is 11.0 Å². The number of carbonyl (C=O) groups excluding carboxylic acids is 1. The van der Waals surface area contributed by atoms with Crippen molar-refractivity contribution in [2.75, 3.05) is 0 Å². The first-order valence-electron chi connectivity index (χ1n) is 3.59. The normalized spacial score (nSPS) is 24.6. The summed E-state index contributed by atoms with van der Waals surface area (Å²) in [6, 6.07) is -0.674. The minimum absolute atomic E-state index is 0.0901. The molecule has 1 atom stereocenters. The van der Waals surface area contributed by atoms with Crippen LogP contribution in [0.3, 0.4) is 0 Å². The van der Waals surface area contributed by atoms with Gasteiger partial charge in [-0.15, -0.1) is 0 Å². The lowest BCUT2D eigenvalue weighted by atomic mass is 10.1. The van der Waals surface area contributed by atoms with Crippen LogP contribution < -0.4 is 5.32 Å². The molecule has 0 aromatic carbocycles. The topological polar surface area (TPSA) is 84.6 Å². The first kappa shape index (κ1) is 7.66. The minimum atomic E-state index is -0.674. The van der Waals surface area contributed by atoms with Gasteiger partial charge in [-0.3, -0.25) is 19.9 Å². The maximum atomic E-state index is 10.9. The average Bonchev–Trinajstić information content (AvgIpc) is 2.46. The van der Waals surface area contributed by atoms with E-state index in [-0.39, 0.29) is 11.6 Å². The van der Waals surface area contributed by atoms with Crippen LogP contribution >= 0.6 is 0 Å². The molecule has 0 fully saturated rings. The molecule has 6 heteroatoms. The molecule has 0 aromatic heterocycles. The molecule has 0 saturated carbocycles. The third-order valence-corrected chi connectivity index (χ3v) is 1.84. The Morgan fingerprint density at radius 1 is 1.54 bits per heavy atom. The van der Waals surface area contributed by atoms with Crippen molar-refractivity contribution >= 4 is 11.6 Å². The highest BCUT2D eigenvalue weighted by atomic mass is 16.6. The van der Waals surface area contributed by atoms with Crippen molar-refractivity contribution in [1.29, 1.82) is 0 Å². The molecule has 66 valence electrons. The summed E-state index contributed by atoms with van der Waals surface area (Å²) in [6.07, 6.45) is 3.94. The van der Waals surface area contributed by atoms with Gasteiger partial charge in [0, 0.05) is 6.08 Å². The molecular formula is C7H5N3O3. The predicted octanol–water partition coefficient (Wildman–Crippen LogP) is -0.386. The lowest BCUT2D eigenvalue weighted by Crippen LogP contribution is -2.43. The molecule has 0 aliphatic carbocycles. The molecule has 13 heavy (non-hydrogen) atoms. The molecule has 1 unspecified atom stereocenters. The number of nitrogens with zero attached hydrogens (tertiary/aromatic N) is 2. The molecule has 2 aliphatic rings. The van der Waals surface area contributed by atoms with Crippen molar-refractivity contribution in [2.24, 2.45) is 4.99 Å². The van der Waals surface area contributed by atoms with Gasteiger partial charge in [-0.1, -0.05) is 0 Å². The second-order valence-electron chi connectivity index (χ2n) is 2.64. The van der Waals surface area contributed by atoms with Gasteiger partial charge in [-0.2, -0.15) is 0 Å². The lowest BCUT2D eigenvalue weighted by Gasteiger charge is -2.14. The number of hydrogen-bond donors (Lipinski definition) is 1. The Bertz CT molecular complexity index is 380. The quantitative estimate of drug-likeness (QED) is 0.439. The van der Waals surface area contributed by atoms with Crippen LogP contribution in [0.2, 0.25) is 0 Å². The number of rotatable bonds is 1. The number of aliphatic imine (C=N–C) groups is 1. The van der Waals surface area contributed by atoms with Gasteiger partial charge >= 0.3 is 0 Å². The lowest BCUT2D eigenvalue weighted by molar-refractivity contribution is -0.427. The van der Waals surface area contributed by atoms with Crippen LogP contribution in [-0.4, -0.2) is 22.6 Å². The van der Waals surface area contributed by atoms with E-state index in [1.165, 1.54) is 12.2 Å². The number of carbonyl (C=O) groups is 1. The van der Waals surface area contributed by atoms with Gasteiger partial charge in [0.25, 0.3) is 5.70 Å². The molecule has 2 heterocycles. The molecular weight excluding hydrogens is 174 g/mol. The number of amides is 1. The second kappa shape index (κ2) is 2.51. The SMILES string of the molecule is O=C1C=CC2=NC=C([N+](=O)[O-])C2N1. The van der Waals surface area contributed by atoms with E-state index in [1.807, 2.05) is 0 Å². The van der Waals surface area contributed by atoms with E-state index in [0.717, 1.165) is 6.20 Å². The zero-order chi connectivity index (χ0) is 9.42. The Labute approximate surface area is 72.8 Å². The minimum Gasteiger partial charge on any atom is -0.334 e. The highest BCUT2D eigenvalue weighted by Crippen LogP contribution is 2.16. The monoisotopic (exact) mass is 179 g/mol. The van der Waals surface area contributed by atoms with Crippen LogP contribution in [0.25, 0.3) is 0 Å². The van der Waals surface area contributed by atoms with Crippen molar-refractivity contribution in [3.8, 4) is 0 Å². The third kappa shape index (κ3) is 1.12. The highest BCUT2D eigenvalue weighted by molar-refractivity contribution is 6.11. The Balaban J connectivity index is 2.32. The van der Waals surface area contributed by atoms with Crippen LogP contribution in [0, 0.1) is 10.1 Å². The summed E-state index contributed by atoms with van der Waals surface area (Å²) < 4.78 is 0. The van der Waals surface area contributed by atoms with Gasteiger partial charge in [0.15, 0.2) is 6.04 Å². The largest absolute Gasteiger partial charge is 0.334 e.